The molecular formula is C54H96N2O6P+. The van der Waals surface area contributed by atoms with Crippen LogP contribution in [0.5, 0.6) is 0 Å². The van der Waals surface area contributed by atoms with Gasteiger partial charge in [-0.1, -0.05) is 201 Å². The fraction of sp³-hybridized carbons (Fsp3) is 0.685. The number of nitrogens with zero attached hydrogens (tertiary/aromatic N) is 1. The van der Waals surface area contributed by atoms with E-state index < -0.39 is 20.0 Å². The molecule has 0 aliphatic heterocycles. The Hall–Kier alpha value is -2.58. The first-order chi connectivity index (χ1) is 30.5. The van der Waals surface area contributed by atoms with Crippen molar-refractivity contribution in [2.24, 2.45) is 0 Å². The number of rotatable bonds is 44. The summed E-state index contributed by atoms with van der Waals surface area (Å²) in [5.41, 5.74) is 0. The Labute approximate surface area is 388 Å². The van der Waals surface area contributed by atoms with Gasteiger partial charge in [0.05, 0.1) is 39.9 Å². The van der Waals surface area contributed by atoms with Crippen molar-refractivity contribution in [3.05, 3.63) is 97.2 Å². The monoisotopic (exact) mass is 900 g/mol. The molecule has 0 rings (SSSR count). The Morgan fingerprint density at radius 2 is 0.952 bits per heavy atom. The predicted octanol–water partition coefficient (Wildman–Crippen LogP) is 14.7. The second kappa shape index (κ2) is 44.6. The van der Waals surface area contributed by atoms with Crippen LogP contribution < -0.4 is 5.32 Å². The van der Waals surface area contributed by atoms with Gasteiger partial charge in [-0.05, 0) is 77.0 Å². The Morgan fingerprint density at radius 1 is 0.556 bits per heavy atom. The molecular weight excluding hydrogens is 804 g/mol. The summed E-state index contributed by atoms with van der Waals surface area (Å²) in [7, 11) is 1.56. The van der Waals surface area contributed by atoms with Crippen LogP contribution in [0.3, 0.4) is 0 Å². The zero-order valence-corrected chi connectivity index (χ0v) is 41.9. The number of allylic oxidation sites excluding steroid dienone is 15. The lowest BCUT2D eigenvalue weighted by molar-refractivity contribution is -0.870. The first-order valence-electron chi connectivity index (χ1n) is 25.1. The molecule has 0 saturated heterocycles. The minimum atomic E-state index is -4.33. The first kappa shape index (κ1) is 60.4. The highest BCUT2D eigenvalue weighted by Gasteiger charge is 2.27. The summed E-state index contributed by atoms with van der Waals surface area (Å²) in [5, 5.41) is 13.7. The Balaban J connectivity index is 3.94. The van der Waals surface area contributed by atoms with Crippen molar-refractivity contribution in [3.63, 3.8) is 0 Å². The molecule has 0 aromatic carbocycles. The third-order valence-corrected chi connectivity index (χ3v) is 11.5. The van der Waals surface area contributed by atoms with Crippen molar-refractivity contribution in [1.29, 1.82) is 0 Å². The normalized spacial score (nSPS) is 15.0. The van der Waals surface area contributed by atoms with Gasteiger partial charge in [-0.3, -0.25) is 13.8 Å². The summed E-state index contributed by atoms with van der Waals surface area (Å²) in [6.45, 7) is 4.60. The Kier molecular flexibility index (Phi) is 42.8. The zero-order chi connectivity index (χ0) is 46.4. The van der Waals surface area contributed by atoms with Crippen LogP contribution in [0.4, 0.5) is 0 Å². The van der Waals surface area contributed by atoms with Crippen molar-refractivity contribution >= 4 is 13.7 Å². The van der Waals surface area contributed by atoms with Gasteiger partial charge in [-0.2, -0.15) is 0 Å². The van der Waals surface area contributed by atoms with Crippen molar-refractivity contribution in [1.82, 2.24) is 5.32 Å². The molecule has 362 valence electrons. The van der Waals surface area contributed by atoms with E-state index in [4.69, 9.17) is 9.05 Å². The van der Waals surface area contributed by atoms with Gasteiger partial charge in [0.1, 0.15) is 13.2 Å². The Morgan fingerprint density at radius 3 is 1.40 bits per heavy atom. The number of quaternary nitrogens is 1. The maximum absolute atomic E-state index is 12.8. The summed E-state index contributed by atoms with van der Waals surface area (Å²) in [4.78, 5) is 23.0. The molecule has 3 unspecified atom stereocenters. The SMILES string of the molecule is CC/C=C\C/C=C\C/C=C\C/C=C\C/C=C\C/C=C\C/C=C\CCCCCCCCCCCCCCCC(=O)NC(COP(=O)(O)OCC[N+](C)(C)C)C(O)/C=C/CCCCCC. The van der Waals surface area contributed by atoms with Crippen molar-refractivity contribution in [2.45, 2.75) is 199 Å². The number of phosphoric acid groups is 1. The van der Waals surface area contributed by atoms with Crippen LogP contribution in [0.25, 0.3) is 0 Å². The van der Waals surface area contributed by atoms with Gasteiger partial charge in [0, 0.05) is 6.42 Å². The molecule has 1 amide bonds. The van der Waals surface area contributed by atoms with Crippen molar-refractivity contribution in [3.8, 4) is 0 Å². The van der Waals surface area contributed by atoms with Gasteiger partial charge in [-0.25, -0.2) is 4.57 Å². The van der Waals surface area contributed by atoms with Crippen LogP contribution in [0.1, 0.15) is 187 Å². The van der Waals surface area contributed by atoms with Crippen LogP contribution in [0.2, 0.25) is 0 Å². The summed E-state index contributed by atoms with van der Waals surface area (Å²) in [6, 6.07) is -0.848. The maximum Gasteiger partial charge on any atom is 0.472 e. The number of hydrogen-bond acceptors (Lipinski definition) is 5. The standard InChI is InChI=1S/C54H95N2O6P/c1-6-8-10-12-14-15-16-17-18-19-20-21-22-23-24-25-26-27-28-29-30-31-32-33-34-35-36-37-38-39-40-41-42-44-46-48-54(58)55-52(53(57)47-45-43-13-11-9-7-2)51-62-63(59,60)61-50-49-56(3,4)5/h8,10,14-15,17-18,20-21,23-24,26-27,29-30,45,47,52-53,57H,6-7,9,11-13,16,19,22,25,28,31-44,46,48-51H2,1-5H3,(H-,55,58,59,60)/p+1/b10-8-,15-14-,18-17-,21-20-,24-23-,27-26-,30-29-,47-45+. The van der Waals surface area contributed by atoms with Gasteiger partial charge in [0.15, 0.2) is 0 Å². The van der Waals surface area contributed by atoms with Crippen molar-refractivity contribution < 1.29 is 32.9 Å². The molecule has 0 heterocycles. The quantitative estimate of drug-likeness (QED) is 0.0243. The van der Waals surface area contributed by atoms with E-state index in [1.54, 1.807) is 6.08 Å². The molecule has 0 fully saturated rings. The van der Waals surface area contributed by atoms with Crippen LogP contribution in [0, 0.1) is 0 Å². The van der Waals surface area contributed by atoms with E-state index in [0.717, 1.165) is 89.9 Å². The molecule has 0 aromatic rings. The van der Waals surface area contributed by atoms with Gasteiger partial charge < -0.3 is 19.8 Å². The van der Waals surface area contributed by atoms with Crippen LogP contribution in [-0.4, -0.2) is 73.4 Å². The molecule has 0 saturated carbocycles. The van der Waals surface area contributed by atoms with Crippen molar-refractivity contribution in [2.75, 3.05) is 40.9 Å². The molecule has 0 aromatic heterocycles. The molecule has 63 heavy (non-hydrogen) atoms. The molecule has 0 radical (unpaired) electrons. The summed E-state index contributed by atoms with van der Waals surface area (Å²) < 4.78 is 23.4. The van der Waals surface area contributed by atoms with E-state index in [0.29, 0.717) is 17.4 Å². The second-order valence-electron chi connectivity index (χ2n) is 17.8. The number of aliphatic hydroxyl groups is 1. The number of amides is 1. The highest BCUT2D eigenvalue weighted by atomic mass is 31.2. The number of likely N-dealkylation sites (N-methyl/N-ethyl adjacent to an activating group) is 1. The van der Waals surface area contributed by atoms with E-state index in [9.17, 15) is 19.4 Å². The number of hydrogen-bond donors (Lipinski definition) is 3. The fourth-order valence-corrected chi connectivity index (χ4v) is 7.34. The summed E-state index contributed by atoms with van der Waals surface area (Å²) in [5.74, 6) is -0.189. The molecule has 8 nitrogen and oxygen atoms in total. The molecule has 9 heteroatoms. The Bertz CT molecular complexity index is 1340. The number of unbranched alkanes of at least 4 members (excludes halogenated alkanes) is 17. The topological polar surface area (TPSA) is 105 Å². The molecule has 0 aliphatic rings. The molecule has 3 atom stereocenters. The third kappa shape index (κ3) is 47.2. The van der Waals surface area contributed by atoms with Crippen LogP contribution in [0.15, 0.2) is 97.2 Å². The number of nitrogens with one attached hydrogen (secondary N) is 1. The third-order valence-electron chi connectivity index (χ3n) is 10.6. The smallest absolute Gasteiger partial charge is 0.387 e. The maximum atomic E-state index is 12.8. The highest BCUT2D eigenvalue weighted by Crippen LogP contribution is 2.43. The molecule has 0 aliphatic carbocycles. The highest BCUT2D eigenvalue weighted by molar-refractivity contribution is 7.47. The lowest BCUT2D eigenvalue weighted by atomic mass is 10.0. The van der Waals surface area contributed by atoms with E-state index in [1.165, 1.54) is 77.0 Å². The summed E-state index contributed by atoms with van der Waals surface area (Å²) in [6.07, 6.45) is 63.9. The van der Waals surface area contributed by atoms with Gasteiger partial charge >= 0.3 is 7.82 Å². The average Bonchev–Trinajstić information content (AvgIpc) is 3.24. The van der Waals surface area contributed by atoms with Gasteiger partial charge in [0.25, 0.3) is 0 Å². The number of aliphatic hydroxyl groups excluding tert-OH is 1. The van der Waals surface area contributed by atoms with E-state index in [1.807, 2.05) is 27.2 Å². The molecule has 0 spiro atoms. The van der Waals surface area contributed by atoms with E-state index >= 15 is 0 Å². The summed E-state index contributed by atoms with van der Waals surface area (Å²) >= 11 is 0. The molecule has 0 bridgehead atoms. The van der Waals surface area contributed by atoms with Gasteiger partial charge in [0.2, 0.25) is 5.91 Å². The fourth-order valence-electron chi connectivity index (χ4n) is 6.61. The lowest BCUT2D eigenvalue weighted by Gasteiger charge is -2.25. The lowest BCUT2D eigenvalue weighted by Crippen LogP contribution is -2.45. The van der Waals surface area contributed by atoms with E-state index in [2.05, 4.69) is 104 Å². The predicted molar refractivity (Wildman–Crippen MR) is 272 cm³/mol. The zero-order valence-electron chi connectivity index (χ0n) is 41.0. The number of carbonyl (C=O) groups is 1. The number of phosphoric ester groups is 1. The van der Waals surface area contributed by atoms with E-state index in [-0.39, 0.29) is 19.1 Å². The average molecular weight is 900 g/mol. The second-order valence-corrected chi connectivity index (χ2v) is 19.3. The molecule has 3 N–H and O–H groups in total. The first-order valence-corrected chi connectivity index (χ1v) is 26.6. The van der Waals surface area contributed by atoms with Gasteiger partial charge in [-0.15, -0.1) is 0 Å². The number of carbonyl (C=O) groups excluding carboxylic acids is 1. The minimum absolute atomic E-state index is 0.0569. The van der Waals surface area contributed by atoms with Crippen LogP contribution >= 0.6 is 7.82 Å². The largest absolute Gasteiger partial charge is 0.472 e. The minimum Gasteiger partial charge on any atom is -0.387 e. The van der Waals surface area contributed by atoms with Crippen LogP contribution in [-0.2, 0) is 18.4 Å².